The van der Waals surface area contributed by atoms with Gasteiger partial charge in [-0.25, -0.2) is 0 Å². The van der Waals surface area contributed by atoms with Crippen LogP contribution < -0.4 is 5.32 Å². The van der Waals surface area contributed by atoms with E-state index >= 15 is 0 Å². The lowest BCUT2D eigenvalue weighted by Gasteiger charge is -2.12. The number of amides is 1. The zero-order chi connectivity index (χ0) is 15.8. The first-order chi connectivity index (χ1) is 9.68. The highest BCUT2D eigenvalue weighted by Gasteiger charge is 2.31. The number of halogens is 5. The van der Waals surface area contributed by atoms with Gasteiger partial charge in [-0.2, -0.15) is 13.2 Å². The Morgan fingerprint density at radius 3 is 2.43 bits per heavy atom. The molecule has 1 aromatic carbocycles. The zero-order valence-corrected chi connectivity index (χ0v) is 14.5. The van der Waals surface area contributed by atoms with Crippen LogP contribution in [0.4, 0.5) is 18.9 Å². The zero-order valence-electron chi connectivity index (χ0n) is 10.5. The average molecular weight is 443 g/mol. The van der Waals surface area contributed by atoms with Gasteiger partial charge in [0.2, 0.25) is 0 Å². The minimum Gasteiger partial charge on any atom is -0.322 e. The largest absolute Gasteiger partial charge is 0.416 e. The van der Waals surface area contributed by atoms with Crippen molar-refractivity contribution >= 4 is 54.8 Å². The van der Waals surface area contributed by atoms with Crippen LogP contribution in [-0.2, 0) is 6.18 Å². The number of anilines is 1. The molecular formula is C13H8Br2F3NOS. The first kappa shape index (κ1) is 16.5. The fourth-order valence-electron chi connectivity index (χ4n) is 1.62. The van der Waals surface area contributed by atoms with Crippen molar-refractivity contribution in [2.45, 2.75) is 13.1 Å². The molecule has 0 aliphatic rings. The Morgan fingerprint density at radius 2 is 1.90 bits per heavy atom. The summed E-state index contributed by atoms with van der Waals surface area (Å²) in [6.45, 7) is 1.63. The quantitative estimate of drug-likeness (QED) is 0.620. The van der Waals surface area contributed by atoms with Crippen LogP contribution in [0.3, 0.4) is 0 Å². The van der Waals surface area contributed by atoms with E-state index in [1.807, 2.05) is 0 Å². The standard InChI is InChI=1S/C13H8Br2F3NOS/c1-6-2-3-7(13(16,17)18)4-9(6)19-12(20)8-5-10(14)21-11(8)15/h2-5H,1H3,(H,19,20). The van der Waals surface area contributed by atoms with E-state index in [-0.39, 0.29) is 5.69 Å². The molecule has 2 rings (SSSR count). The Balaban J connectivity index is 2.31. The monoisotopic (exact) mass is 441 g/mol. The van der Waals surface area contributed by atoms with Gasteiger partial charge in [-0.3, -0.25) is 4.79 Å². The number of carbonyl (C=O) groups excluding carboxylic acids is 1. The van der Waals surface area contributed by atoms with E-state index in [1.165, 1.54) is 17.4 Å². The molecule has 21 heavy (non-hydrogen) atoms. The molecule has 1 amide bonds. The molecule has 1 aromatic heterocycles. The topological polar surface area (TPSA) is 29.1 Å². The molecule has 0 radical (unpaired) electrons. The molecule has 0 unspecified atom stereocenters. The Morgan fingerprint density at radius 1 is 1.24 bits per heavy atom. The van der Waals surface area contributed by atoms with Gasteiger partial charge in [0.25, 0.3) is 5.91 Å². The predicted octanol–water partition coefficient (Wildman–Crippen LogP) is 5.85. The van der Waals surface area contributed by atoms with Crippen molar-refractivity contribution in [3.63, 3.8) is 0 Å². The Kier molecular flexibility index (Phi) is 4.79. The maximum absolute atomic E-state index is 12.7. The van der Waals surface area contributed by atoms with Gasteiger partial charge < -0.3 is 5.32 Å². The second kappa shape index (κ2) is 6.10. The van der Waals surface area contributed by atoms with Crippen LogP contribution in [-0.4, -0.2) is 5.91 Å². The molecule has 0 aliphatic heterocycles. The first-order valence-corrected chi connectivity index (χ1v) is 8.03. The van der Waals surface area contributed by atoms with Gasteiger partial charge in [0.15, 0.2) is 0 Å². The van der Waals surface area contributed by atoms with Crippen LogP contribution in [0.25, 0.3) is 0 Å². The third-order valence-electron chi connectivity index (χ3n) is 2.71. The van der Waals surface area contributed by atoms with E-state index in [9.17, 15) is 18.0 Å². The first-order valence-electron chi connectivity index (χ1n) is 5.62. The highest BCUT2D eigenvalue weighted by atomic mass is 79.9. The molecule has 2 aromatic rings. The minimum atomic E-state index is -4.45. The van der Waals surface area contributed by atoms with E-state index in [0.29, 0.717) is 14.9 Å². The molecule has 0 saturated carbocycles. The van der Waals surface area contributed by atoms with Crippen LogP contribution in [0.1, 0.15) is 21.5 Å². The molecule has 0 bridgehead atoms. The number of aryl methyl sites for hydroxylation is 1. The number of hydrogen-bond donors (Lipinski definition) is 1. The lowest BCUT2D eigenvalue weighted by atomic mass is 10.1. The van der Waals surface area contributed by atoms with Crippen molar-refractivity contribution in [2.75, 3.05) is 5.32 Å². The number of nitrogens with one attached hydrogen (secondary N) is 1. The van der Waals surface area contributed by atoms with Crippen molar-refractivity contribution in [1.82, 2.24) is 0 Å². The van der Waals surface area contributed by atoms with Crippen molar-refractivity contribution in [2.24, 2.45) is 0 Å². The Bertz CT molecular complexity index is 697. The highest BCUT2D eigenvalue weighted by Crippen LogP contribution is 2.34. The lowest BCUT2D eigenvalue weighted by Crippen LogP contribution is -2.14. The molecule has 8 heteroatoms. The van der Waals surface area contributed by atoms with E-state index in [2.05, 4.69) is 37.2 Å². The number of alkyl halides is 3. The summed E-state index contributed by atoms with van der Waals surface area (Å²) in [5, 5.41) is 2.51. The van der Waals surface area contributed by atoms with Crippen molar-refractivity contribution in [1.29, 1.82) is 0 Å². The third kappa shape index (κ3) is 3.87. The van der Waals surface area contributed by atoms with Crippen molar-refractivity contribution in [3.8, 4) is 0 Å². The van der Waals surface area contributed by atoms with Crippen LogP contribution in [0.15, 0.2) is 31.8 Å². The second-order valence-electron chi connectivity index (χ2n) is 4.22. The van der Waals surface area contributed by atoms with Gasteiger partial charge in [-0.05, 0) is 62.5 Å². The highest BCUT2D eigenvalue weighted by molar-refractivity contribution is 9.12. The van der Waals surface area contributed by atoms with E-state index in [1.54, 1.807) is 13.0 Å². The van der Waals surface area contributed by atoms with Gasteiger partial charge in [-0.15, -0.1) is 11.3 Å². The van der Waals surface area contributed by atoms with Gasteiger partial charge in [0, 0.05) is 5.69 Å². The molecule has 0 atom stereocenters. The van der Waals surface area contributed by atoms with E-state index in [4.69, 9.17) is 0 Å². The van der Waals surface area contributed by atoms with Gasteiger partial charge >= 0.3 is 6.18 Å². The maximum atomic E-state index is 12.7. The summed E-state index contributed by atoms with van der Waals surface area (Å²) in [5.74, 6) is -0.466. The smallest absolute Gasteiger partial charge is 0.322 e. The Labute approximate surface area is 139 Å². The number of carbonyl (C=O) groups is 1. The summed E-state index contributed by atoms with van der Waals surface area (Å²) in [7, 11) is 0. The average Bonchev–Trinajstić information content (AvgIpc) is 2.70. The second-order valence-corrected chi connectivity index (χ2v) is 7.97. The molecule has 0 spiro atoms. The molecule has 0 aliphatic carbocycles. The summed E-state index contributed by atoms with van der Waals surface area (Å²) in [5.41, 5.74) is 0.267. The van der Waals surface area contributed by atoms with Crippen LogP contribution in [0.2, 0.25) is 0 Å². The third-order valence-corrected chi connectivity index (χ3v) is 5.05. The molecule has 1 heterocycles. The number of rotatable bonds is 2. The predicted molar refractivity (Wildman–Crippen MR) is 83.9 cm³/mol. The number of thiophene rings is 1. The fraction of sp³-hybridized carbons (Fsp3) is 0.154. The fourth-order valence-corrected chi connectivity index (χ4v) is 4.41. The van der Waals surface area contributed by atoms with Crippen molar-refractivity contribution < 1.29 is 18.0 Å². The number of hydrogen-bond acceptors (Lipinski definition) is 2. The molecule has 2 nitrogen and oxygen atoms in total. The maximum Gasteiger partial charge on any atom is 0.416 e. The molecule has 1 N–H and O–H groups in total. The number of benzene rings is 1. The normalized spacial score (nSPS) is 11.5. The van der Waals surface area contributed by atoms with Gasteiger partial charge in [0.05, 0.1) is 18.7 Å². The molecule has 0 saturated heterocycles. The van der Waals surface area contributed by atoms with E-state index in [0.717, 1.165) is 15.9 Å². The molecule has 0 fully saturated rings. The van der Waals surface area contributed by atoms with Gasteiger partial charge in [0.1, 0.15) is 0 Å². The van der Waals surface area contributed by atoms with Crippen LogP contribution in [0, 0.1) is 6.92 Å². The van der Waals surface area contributed by atoms with Crippen LogP contribution >= 0.6 is 43.2 Å². The summed E-state index contributed by atoms with van der Waals surface area (Å²) in [4.78, 5) is 12.1. The SMILES string of the molecule is Cc1ccc(C(F)(F)F)cc1NC(=O)c1cc(Br)sc1Br. The summed E-state index contributed by atoms with van der Waals surface area (Å²) in [6, 6.07) is 4.86. The minimum absolute atomic E-state index is 0.143. The van der Waals surface area contributed by atoms with E-state index < -0.39 is 17.6 Å². The molecular weight excluding hydrogens is 435 g/mol. The van der Waals surface area contributed by atoms with Gasteiger partial charge in [-0.1, -0.05) is 6.07 Å². The summed E-state index contributed by atoms with van der Waals surface area (Å²) >= 11 is 7.80. The van der Waals surface area contributed by atoms with Crippen LogP contribution in [0.5, 0.6) is 0 Å². The lowest BCUT2D eigenvalue weighted by molar-refractivity contribution is -0.137. The summed E-state index contributed by atoms with van der Waals surface area (Å²) < 4.78 is 39.5. The summed E-state index contributed by atoms with van der Waals surface area (Å²) in [6.07, 6.45) is -4.45. The van der Waals surface area contributed by atoms with Crippen molar-refractivity contribution in [3.05, 3.63) is 48.5 Å². The molecule has 112 valence electrons. The Hall–Kier alpha value is -0.860.